The molecule has 3 atom stereocenters. The SMILES string of the molecule is C=C1C2CC=C2C[C@@]1(C)CCC(C)CC. The predicted octanol–water partition coefficient (Wildman–Crippen LogP) is 4.73. The van der Waals surface area contributed by atoms with Gasteiger partial charge in [-0.1, -0.05) is 51.0 Å². The van der Waals surface area contributed by atoms with E-state index < -0.39 is 0 Å². The van der Waals surface area contributed by atoms with Gasteiger partial charge < -0.3 is 0 Å². The molecule has 0 radical (unpaired) electrons. The van der Waals surface area contributed by atoms with E-state index in [0.29, 0.717) is 5.41 Å². The van der Waals surface area contributed by atoms with E-state index >= 15 is 0 Å². The summed E-state index contributed by atoms with van der Waals surface area (Å²) in [5.41, 5.74) is 3.64. The van der Waals surface area contributed by atoms with Gasteiger partial charge in [-0.15, -0.1) is 0 Å². The van der Waals surface area contributed by atoms with Crippen molar-refractivity contribution in [3.63, 3.8) is 0 Å². The summed E-state index contributed by atoms with van der Waals surface area (Å²) < 4.78 is 0. The first kappa shape index (κ1) is 11.0. The minimum Gasteiger partial charge on any atom is -0.0987 e. The van der Waals surface area contributed by atoms with Crippen molar-refractivity contribution in [1.29, 1.82) is 0 Å². The molecule has 2 unspecified atom stereocenters. The molecule has 2 aliphatic carbocycles. The minimum atomic E-state index is 0.427. The molecule has 84 valence electrons. The molecule has 2 aliphatic rings. The molecule has 0 N–H and O–H groups in total. The lowest BCUT2D eigenvalue weighted by atomic mass is 9.77. The lowest BCUT2D eigenvalue weighted by Gasteiger charge is -2.28. The van der Waals surface area contributed by atoms with Crippen LogP contribution < -0.4 is 0 Å². The highest BCUT2D eigenvalue weighted by molar-refractivity contribution is 5.40. The Morgan fingerprint density at radius 1 is 1.60 bits per heavy atom. The zero-order valence-electron chi connectivity index (χ0n) is 10.5. The second-order valence-corrected chi connectivity index (χ2v) is 5.88. The van der Waals surface area contributed by atoms with E-state index in [1.54, 1.807) is 5.57 Å². The van der Waals surface area contributed by atoms with Gasteiger partial charge in [0.25, 0.3) is 0 Å². The fourth-order valence-electron chi connectivity index (χ4n) is 2.97. The van der Waals surface area contributed by atoms with E-state index in [1.807, 2.05) is 0 Å². The zero-order valence-corrected chi connectivity index (χ0v) is 10.5. The third-order valence-electron chi connectivity index (χ3n) is 4.74. The van der Waals surface area contributed by atoms with E-state index in [9.17, 15) is 0 Å². The van der Waals surface area contributed by atoms with E-state index in [0.717, 1.165) is 11.8 Å². The summed E-state index contributed by atoms with van der Waals surface area (Å²) in [7, 11) is 0. The second-order valence-electron chi connectivity index (χ2n) is 5.88. The fraction of sp³-hybridized carbons (Fsp3) is 0.733. The Morgan fingerprint density at radius 2 is 2.33 bits per heavy atom. The molecule has 0 heterocycles. The van der Waals surface area contributed by atoms with Gasteiger partial charge in [0.2, 0.25) is 0 Å². The largest absolute Gasteiger partial charge is 0.0987 e. The summed E-state index contributed by atoms with van der Waals surface area (Å²) in [5, 5.41) is 0. The average Bonchev–Trinajstić information content (AvgIpc) is 2.35. The third kappa shape index (κ3) is 1.79. The highest BCUT2D eigenvalue weighted by atomic mass is 14.5. The standard InChI is InChI=1S/C15H24/c1-5-11(2)8-9-15(4)10-13-6-7-14(13)12(15)3/h6,11,14H,3,5,7-10H2,1-2,4H3/t11?,14?,15-/m1/s1. The molecule has 0 saturated heterocycles. The lowest BCUT2D eigenvalue weighted by molar-refractivity contribution is 0.335. The van der Waals surface area contributed by atoms with Crippen molar-refractivity contribution in [3.05, 3.63) is 23.8 Å². The van der Waals surface area contributed by atoms with Gasteiger partial charge in [0.15, 0.2) is 0 Å². The lowest BCUT2D eigenvalue weighted by Crippen LogP contribution is -2.16. The first-order chi connectivity index (χ1) is 7.07. The van der Waals surface area contributed by atoms with Crippen molar-refractivity contribution in [2.45, 2.75) is 52.9 Å². The normalized spacial score (nSPS) is 35.8. The molecular formula is C15H24. The Kier molecular flexibility index (Phi) is 2.79. The smallest absolute Gasteiger partial charge is 0.00447 e. The molecular weight excluding hydrogens is 180 g/mol. The van der Waals surface area contributed by atoms with Crippen molar-refractivity contribution in [2.75, 3.05) is 0 Å². The van der Waals surface area contributed by atoms with Crippen LogP contribution in [0.2, 0.25) is 0 Å². The van der Waals surface area contributed by atoms with Crippen molar-refractivity contribution in [3.8, 4) is 0 Å². The van der Waals surface area contributed by atoms with Crippen LogP contribution in [0.1, 0.15) is 52.9 Å². The molecule has 0 nitrogen and oxygen atoms in total. The van der Waals surface area contributed by atoms with Gasteiger partial charge in [-0.3, -0.25) is 0 Å². The van der Waals surface area contributed by atoms with Crippen molar-refractivity contribution < 1.29 is 0 Å². The Bertz CT molecular complexity index is 297. The van der Waals surface area contributed by atoms with E-state index in [2.05, 4.69) is 33.4 Å². The molecule has 15 heavy (non-hydrogen) atoms. The summed E-state index contributed by atoms with van der Waals surface area (Å²) in [6, 6.07) is 0. The van der Waals surface area contributed by atoms with Crippen LogP contribution in [0.5, 0.6) is 0 Å². The quantitative estimate of drug-likeness (QED) is 0.581. The molecule has 0 bridgehead atoms. The maximum Gasteiger partial charge on any atom is 0.00447 e. The Morgan fingerprint density at radius 3 is 2.73 bits per heavy atom. The van der Waals surface area contributed by atoms with Gasteiger partial charge in [0, 0.05) is 5.92 Å². The van der Waals surface area contributed by atoms with Gasteiger partial charge in [-0.25, -0.2) is 0 Å². The van der Waals surface area contributed by atoms with Crippen molar-refractivity contribution in [1.82, 2.24) is 0 Å². The van der Waals surface area contributed by atoms with Crippen LogP contribution in [0.4, 0.5) is 0 Å². The van der Waals surface area contributed by atoms with Crippen LogP contribution in [0, 0.1) is 17.3 Å². The van der Waals surface area contributed by atoms with Crippen molar-refractivity contribution in [2.24, 2.45) is 17.3 Å². The highest BCUT2D eigenvalue weighted by Gasteiger charge is 2.44. The van der Waals surface area contributed by atoms with Crippen LogP contribution in [0.3, 0.4) is 0 Å². The Balaban J connectivity index is 1.96. The number of fused-ring (bicyclic) bond motifs is 1. The number of allylic oxidation sites excluding steroid dienone is 3. The van der Waals surface area contributed by atoms with Crippen LogP contribution in [0.25, 0.3) is 0 Å². The van der Waals surface area contributed by atoms with Gasteiger partial charge in [-0.2, -0.15) is 0 Å². The van der Waals surface area contributed by atoms with E-state index in [-0.39, 0.29) is 0 Å². The number of hydrogen-bond donors (Lipinski definition) is 0. The number of hydrogen-bond acceptors (Lipinski definition) is 0. The van der Waals surface area contributed by atoms with E-state index in [4.69, 9.17) is 0 Å². The van der Waals surface area contributed by atoms with Crippen LogP contribution >= 0.6 is 0 Å². The van der Waals surface area contributed by atoms with Crippen LogP contribution in [-0.2, 0) is 0 Å². The van der Waals surface area contributed by atoms with Gasteiger partial charge in [0.05, 0.1) is 0 Å². The zero-order chi connectivity index (χ0) is 11.1. The molecule has 0 aromatic rings. The maximum atomic E-state index is 4.35. The molecule has 0 spiro atoms. The van der Waals surface area contributed by atoms with Gasteiger partial charge in [-0.05, 0) is 37.0 Å². The third-order valence-corrected chi connectivity index (χ3v) is 4.74. The monoisotopic (exact) mass is 204 g/mol. The van der Waals surface area contributed by atoms with Gasteiger partial charge in [0.1, 0.15) is 0 Å². The second kappa shape index (κ2) is 3.81. The predicted molar refractivity (Wildman–Crippen MR) is 66.7 cm³/mol. The molecule has 0 aliphatic heterocycles. The topological polar surface area (TPSA) is 0 Å². The molecule has 1 fully saturated rings. The first-order valence-electron chi connectivity index (χ1n) is 6.45. The van der Waals surface area contributed by atoms with Crippen molar-refractivity contribution >= 4 is 0 Å². The van der Waals surface area contributed by atoms with Gasteiger partial charge >= 0.3 is 0 Å². The summed E-state index contributed by atoms with van der Waals surface area (Å²) >= 11 is 0. The maximum absolute atomic E-state index is 4.35. The first-order valence-corrected chi connectivity index (χ1v) is 6.45. The Labute approximate surface area is 94.5 Å². The average molecular weight is 204 g/mol. The highest BCUT2D eigenvalue weighted by Crippen LogP contribution is 2.56. The van der Waals surface area contributed by atoms with Crippen LogP contribution in [0.15, 0.2) is 23.8 Å². The number of rotatable bonds is 4. The summed E-state index contributed by atoms with van der Waals surface area (Å²) in [5.74, 6) is 1.65. The molecule has 0 amide bonds. The molecule has 0 aromatic heterocycles. The summed E-state index contributed by atoms with van der Waals surface area (Å²) in [4.78, 5) is 0. The Hall–Kier alpha value is -0.520. The van der Waals surface area contributed by atoms with E-state index in [1.165, 1.54) is 37.7 Å². The minimum absolute atomic E-state index is 0.427. The molecule has 0 aromatic carbocycles. The summed E-state index contributed by atoms with van der Waals surface area (Å²) in [6.45, 7) is 11.4. The molecule has 0 heteroatoms. The fourth-order valence-corrected chi connectivity index (χ4v) is 2.97. The molecule has 1 saturated carbocycles. The molecule has 2 rings (SSSR count). The van der Waals surface area contributed by atoms with Crippen LogP contribution in [-0.4, -0.2) is 0 Å². The summed E-state index contributed by atoms with van der Waals surface area (Å²) in [6.07, 6.45) is 9.01.